The number of hydrogen-bond acceptors (Lipinski definition) is 4. The van der Waals surface area contributed by atoms with Gasteiger partial charge in [0.1, 0.15) is 0 Å². The molecular weight excluding hydrogens is 368 g/mol. The topological polar surface area (TPSA) is 50.2 Å². The molecule has 6 heteroatoms. The Bertz CT molecular complexity index is 862. The van der Waals surface area contributed by atoms with E-state index in [2.05, 4.69) is 34.7 Å². The van der Waals surface area contributed by atoms with Crippen molar-refractivity contribution in [3.63, 3.8) is 0 Å². The molecule has 1 N–H and O–H groups in total. The molecule has 1 aliphatic heterocycles. The van der Waals surface area contributed by atoms with Crippen LogP contribution in [0.15, 0.2) is 24.3 Å². The first-order valence-corrected chi connectivity index (χ1v) is 11.6. The number of amides is 1. The molecule has 1 atom stereocenters. The minimum absolute atomic E-state index is 0.131. The lowest BCUT2D eigenvalue weighted by Gasteiger charge is -2.29. The van der Waals surface area contributed by atoms with Gasteiger partial charge in [0.15, 0.2) is 5.69 Å². The van der Waals surface area contributed by atoms with E-state index in [1.165, 1.54) is 22.4 Å². The highest BCUT2D eigenvalue weighted by molar-refractivity contribution is 7.99. The number of fused-ring (bicyclic) bond motifs is 2. The molecule has 1 aromatic carbocycles. The highest BCUT2D eigenvalue weighted by atomic mass is 32.2. The molecule has 0 spiro atoms. The van der Waals surface area contributed by atoms with E-state index in [1.54, 1.807) is 0 Å². The van der Waals surface area contributed by atoms with Gasteiger partial charge in [-0.3, -0.25) is 9.48 Å². The maximum Gasteiger partial charge on any atom is 0.274 e. The summed E-state index contributed by atoms with van der Waals surface area (Å²) < 4.78 is 1.95. The van der Waals surface area contributed by atoms with Crippen molar-refractivity contribution in [3.05, 3.63) is 52.3 Å². The van der Waals surface area contributed by atoms with Crippen LogP contribution in [0.1, 0.15) is 39.3 Å². The minimum atomic E-state index is 0.131. The summed E-state index contributed by atoms with van der Waals surface area (Å²) in [5.74, 6) is 2.20. The maximum absolute atomic E-state index is 13.1. The van der Waals surface area contributed by atoms with Crippen molar-refractivity contribution in [3.8, 4) is 0 Å². The first-order valence-electron chi connectivity index (χ1n) is 10.4. The summed E-state index contributed by atoms with van der Waals surface area (Å²) in [5, 5.41) is 8.55. The number of benzene rings is 1. The predicted octanol–water partition coefficient (Wildman–Crippen LogP) is 2.22. The van der Waals surface area contributed by atoms with Crippen molar-refractivity contribution in [2.24, 2.45) is 7.05 Å². The van der Waals surface area contributed by atoms with E-state index in [4.69, 9.17) is 0 Å². The van der Waals surface area contributed by atoms with Crippen molar-refractivity contribution in [2.45, 2.75) is 44.2 Å². The Morgan fingerprint density at radius 1 is 1.11 bits per heavy atom. The van der Waals surface area contributed by atoms with Crippen LogP contribution in [0.3, 0.4) is 0 Å². The van der Waals surface area contributed by atoms with Crippen molar-refractivity contribution in [2.75, 3.05) is 24.6 Å². The number of aromatic nitrogens is 2. The van der Waals surface area contributed by atoms with E-state index in [9.17, 15) is 4.79 Å². The molecular formula is C22H28N4OS. The van der Waals surface area contributed by atoms with Crippen LogP contribution in [-0.4, -0.2) is 57.3 Å². The molecule has 0 saturated carbocycles. The van der Waals surface area contributed by atoms with Crippen LogP contribution in [0.5, 0.6) is 0 Å². The van der Waals surface area contributed by atoms with Crippen molar-refractivity contribution in [1.29, 1.82) is 0 Å². The molecule has 1 saturated heterocycles. The van der Waals surface area contributed by atoms with Gasteiger partial charge in [0, 0.05) is 55.0 Å². The fraction of sp³-hybridized carbons (Fsp3) is 0.545. The third-order valence-corrected chi connectivity index (χ3v) is 7.42. The van der Waals surface area contributed by atoms with Gasteiger partial charge in [-0.2, -0.15) is 16.9 Å². The molecule has 3 aliphatic rings. The smallest absolute Gasteiger partial charge is 0.274 e. The number of thioether (sulfide) groups is 1. The van der Waals surface area contributed by atoms with Gasteiger partial charge in [0.25, 0.3) is 5.91 Å². The van der Waals surface area contributed by atoms with E-state index < -0.39 is 0 Å². The van der Waals surface area contributed by atoms with Crippen LogP contribution < -0.4 is 5.32 Å². The number of carbonyl (C=O) groups excluding carboxylic acids is 1. The van der Waals surface area contributed by atoms with E-state index in [0.29, 0.717) is 17.8 Å². The Hall–Kier alpha value is -1.79. The molecule has 1 fully saturated rings. The fourth-order valence-corrected chi connectivity index (χ4v) is 5.93. The third kappa shape index (κ3) is 3.37. The number of nitrogens with one attached hydrogen (secondary N) is 1. The molecule has 28 heavy (non-hydrogen) atoms. The number of carbonyl (C=O) groups is 1. The van der Waals surface area contributed by atoms with Gasteiger partial charge in [-0.25, -0.2) is 0 Å². The van der Waals surface area contributed by atoms with E-state index >= 15 is 0 Å². The van der Waals surface area contributed by atoms with Crippen LogP contribution in [0.25, 0.3) is 0 Å². The Morgan fingerprint density at radius 2 is 1.82 bits per heavy atom. The lowest BCUT2D eigenvalue weighted by Crippen LogP contribution is -2.43. The molecule has 2 heterocycles. The molecule has 0 bridgehead atoms. The fourth-order valence-electron chi connectivity index (χ4n) is 5.03. The van der Waals surface area contributed by atoms with Crippen LogP contribution in [0.4, 0.5) is 0 Å². The van der Waals surface area contributed by atoms with Gasteiger partial charge in [-0.15, -0.1) is 0 Å². The highest BCUT2D eigenvalue weighted by Gasteiger charge is 2.32. The minimum Gasteiger partial charge on any atom is -0.336 e. The summed E-state index contributed by atoms with van der Waals surface area (Å²) in [5.41, 5.74) is 6.10. The van der Waals surface area contributed by atoms with Crippen LogP contribution in [0, 0.1) is 0 Å². The van der Waals surface area contributed by atoms with E-state index in [1.807, 2.05) is 28.4 Å². The van der Waals surface area contributed by atoms with E-state index in [0.717, 1.165) is 56.7 Å². The second-order valence-electron chi connectivity index (χ2n) is 8.28. The monoisotopic (exact) mass is 396 g/mol. The number of nitrogens with zero attached hydrogens (tertiary/aromatic N) is 3. The molecule has 1 amide bonds. The van der Waals surface area contributed by atoms with E-state index in [-0.39, 0.29) is 5.91 Å². The average molecular weight is 397 g/mol. The van der Waals surface area contributed by atoms with Crippen LogP contribution in [0.2, 0.25) is 0 Å². The molecule has 1 unspecified atom stereocenters. The van der Waals surface area contributed by atoms with Crippen molar-refractivity contribution >= 4 is 17.7 Å². The normalized spacial score (nSPS) is 22.2. The molecule has 2 aromatic rings. The van der Waals surface area contributed by atoms with Gasteiger partial charge >= 0.3 is 0 Å². The molecule has 148 valence electrons. The number of rotatable bonds is 3. The predicted molar refractivity (Wildman–Crippen MR) is 113 cm³/mol. The summed E-state index contributed by atoms with van der Waals surface area (Å²) in [7, 11) is 1.99. The maximum atomic E-state index is 13.1. The third-order valence-electron chi connectivity index (χ3n) is 6.48. The molecule has 5 rings (SSSR count). The second-order valence-corrected chi connectivity index (χ2v) is 9.51. The molecule has 2 aliphatic carbocycles. The zero-order valence-corrected chi connectivity index (χ0v) is 17.3. The average Bonchev–Trinajstić information content (AvgIpc) is 3.28. The zero-order chi connectivity index (χ0) is 19.1. The summed E-state index contributed by atoms with van der Waals surface area (Å²) in [6.45, 7) is 1.69. The van der Waals surface area contributed by atoms with Gasteiger partial charge in [-0.05, 0) is 43.2 Å². The largest absolute Gasteiger partial charge is 0.336 e. The van der Waals surface area contributed by atoms with Gasteiger partial charge in [-0.1, -0.05) is 24.3 Å². The summed E-state index contributed by atoms with van der Waals surface area (Å²) in [4.78, 5) is 15.1. The Morgan fingerprint density at radius 3 is 2.54 bits per heavy atom. The SMILES string of the molecule is Cn1nc(C(=O)N2CCSCC2)c2c1CCC(NC1Cc3ccccc3C1)C2. The zero-order valence-electron chi connectivity index (χ0n) is 16.5. The first-order chi connectivity index (χ1) is 13.7. The lowest BCUT2D eigenvalue weighted by molar-refractivity contribution is 0.0764. The van der Waals surface area contributed by atoms with Gasteiger partial charge < -0.3 is 10.2 Å². The highest BCUT2D eigenvalue weighted by Crippen LogP contribution is 2.28. The van der Waals surface area contributed by atoms with Crippen LogP contribution >= 0.6 is 11.8 Å². The summed E-state index contributed by atoms with van der Waals surface area (Å²) >= 11 is 1.93. The standard InChI is InChI=1S/C22H28N4OS/c1-25-20-7-6-17(23-18-12-15-4-2-3-5-16(15)13-18)14-19(20)21(24-25)22(27)26-8-10-28-11-9-26/h2-5,17-18,23H,6-14H2,1H3. The second kappa shape index (κ2) is 7.56. The molecule has 0 radical (unpaired) electrons. The number of hydrogen-bond donors (Lipinski definition) is 1. The lowest BCUT2D eigenvalue weighted by atomic mass is 9.90. The van der Waals surface area contributed by atoms with Gasteiger partial charge in [0.05, 0.1) is 0 Å². The Kier molecular flexibility index (Phi) is 4.93. The quantitative estimate of drug-likeness (QED) is 0.864. The number of aryl methyl sites for hydroxylation is 1. The van der Waals surface area contributed by atoms with Gasteiger partial charge in [0.2, 0.25) is 0 Å². The summed E-state index contributed by atoms with van der Waals surface area (Å²) in [6, 6.07) is 9.73. The molecule has 5 nitrogen and oxygen atoms in total. The Labute approximate surface area is 170 Å². The first kappa shape index (κ1) is 18.3. The Balaban J connectivity index is 1.30. The van der Waals surface area contributed by atoms with Crippen LogP contribution in [-0.2, 0) is 32.7 Å². The van der Waals surface area contributed by atoms with Crippen molar-refractivity contribution in [1.82, 2.24) is 20.0 Å². The van der Waals surface area contributed by atoms with Crippen molar-refractivity contribution < 1.29 is 4.79 Å². The molecule has 1 aromatic heterocycles. The summed E-state index contributed by atoms with van der Waals surface area (Å²) in [6.07, 6.45) is 5.26.